The van der Waals surface area contributed by atoms with Gasteiger partial charge < -0.3 is 9.64 Å². The van der Waals surface area contributed by atoms with Crippen LogP contribution in [-0.4, -0.2) is 42.5 Å². The number of hydrogen-bond acceptors (Lipinski definition) is 3. The van der Waals surface area contributed by atoms with E-state index in [9.17, 15) is 4.79 Å². The van der Waals surface area contributed by atoms with Gasteiger partial charge >= 0.3 is 0 Å². The van der Waals surface area contributed by atoms with Gasteiger partial charge in [0.15, 0.2) is 0 Å². The Bertz CT molecular complexity index is 958. The first kappa shape index (κ1) is 20.6. The van der Waals surface area contributed by atoms with Gasteiger partial charge in [-0.15, -0.1) is 0 Å². The minimum absolute atomic E-state index is 0.260. The molecule has 0 N–H and O–H groups in total. The number of methoxy groups -OCH3 is 1. The normalized spacial score (nSPS) is 19.7. The minimum atomic E-state index is 0.260. The summed E-state index contributed by atoms with van der Waals surface area (Å²) in [6, 6.07) is 13.0. The molecule has 0 unspecified atom stereocenters. The van der Waals surface area contributed by atoms with Crippen molar-refractivity contribution >= 4 is 5.91 Å². The van der Waals surface area contributed by atoms with Gasteiger partial charge in [0.1, 0.15) is 5.75 Å². The van der Waals surface area contributed by atoms with E-state index in [0.717, 1.165) is 62.3 Å². The molecule has 1 saturated heterocycles. The van der Waals surface area contributed by atoms with E-state index in [4.69, 9.17) is 4.74 Å². The summed E-state index contributed by atoms with van der Waals surface area (Å²) in [5.41, 5.74) is 6.10. The molecule has 31 heavy (non-hydrogen) atoms. The summed E-state index contributed by atoms with van der Waals surface area (Å²) in [7, 11) is 1.75. The van der Waals surface area contributed by atoms with Crippen LogP contribution >= 0.6 is 0 Å². The summed E-state index contributed by atoms with van der Waals surface area (Å²) in [5, 5.41) is 0. The molecule has 0 aromatic heterocycles. The number of ether oxygens (including phenoxy) is 1. The first-order valence-electron chi connectivity index (χ1n) is 11.9. The predicted octanol–water partition coefficient (Wildman–Crippen LogP) is 4.82. The molecule has 2 aromatic carbocycles. The SMILES string of the molecule is COc1ccccc1CN1CCC(Cc2cc(C)c3c(c2)CN(CC2CC2)C3=O)CC1. The monoisotopic (exact) mass is 418 g/mol. The number of likely N-dealkylation sites (tertiary alicyclic amines) is 1. The highest BCUT2D eigenvalue weighted by Gasteiger charge is 2.34. The Labute approximate surface area is 186 Å². The molecule has 1 saturated carbocycles. The second kappa shape index (κ2) is 8.66. The summed E-state index contributed by atoms with van der Waals surface area (Å²) < 4.78 is 5.52. The summed E-state index contributed by atoms with van der Waals surface area (Å²) in [4.78, 5) is 17.5. The van der Waals surface area contributed by atoms with Crippen molar-refractivity contribution < 1.29 is 9.53 Å². The molecule has 4 nitrogen and oxygen atoms in total. The lowest BCUT2D eigenvalue weighted by Crippen LogP contribution is -2.34. The van der Waals surface area contributed by atoms with Crippen LogP contribution < -0.4 is 4.74 Å². The first-order valence-corrected chi connectivity index (χ1v) is 11.9. The highest BCUT2D eigenvalue weighted by Crippen LogP contribution is 2.35. The zero-order chi connectivity index (χ0) is 21.4. The van der Waals surface area contributed by atoms with Crippen LogP contribution in [0.15, 0.2) is 36.4 Å². The van der Waals surface area contributed by atoms with Gasteiger partial charge in [0.25, 0.3) is 5.91 Å². The van der Waals surface area contributed by atoms with E-state index in [2.05, 4.69) is 47.1 Å². The highest BCUT2D eigenvalue weighted by atomic mass is 16.5. The molecule has 3 aliphatic rings. The van der Waals surface area contributed by atoms with Crippen molar-refractivity contribution in [2.45, 2.75) is 52.1 Å². The summed E-state index contributed by atoms with van der Waals surface area (Å²) in [5.74, 6) is 2.73. The lowest BCUT2D eigenvalue weighted by Gasteiger charge is -2.32. The van der Waals surface area contributed by atoms with E-state index in [-0.39, 0.29) is 5.91 Å². The molecule has 2 heterocycles. The lowest BCUT2D eigenvalue weighted by molar-refractivity contribution is 0.0770. The van der Waals surface area contributed by atoms with Crippen LogP contribution in [0.1, 0.15) is 58.3 Å². The van der Waals surface area contributed by atoms with E-state index < -0.39 is 0 Å². The van der Waals surface area contributed by atoms with Crippen LogP contribution in [0, 0.1) is 18.8 Å². The molecular weight excluding hydrogens is 384 g/mol. The van der Waals surface area contributed by atoms with Gasteiger partial charge in [-0.05, 0) is 86.7 Å². The molecule has 0 spiro atoms. The topological polar surface area (TPSA) is 32.8 Å². The zero-order valence-electron chi connectivity index (χ0n) is 18.9. The van der Waals surface area contributed by atoms with E-state index in [1.165, 1.54) is 47.9 Å². The fourth-order valence-corrected chi connectivity index (χ4v) is 5.44. The number of rotatable bonds is 7. The number of aryl methyl sites for hydroxylation is 1. The van der Waals surface area contributed by atoms with Crippen LogP contribution in [0.4, 0.5) is 0 Å². The van der Waals surface area contributed by atoms with Gasteiger partial charge in [0.2, 0.25) is 0 Å². The Morgan fingerprint density at radius 3 is 2.55 bits per heavy atom. The lowest BCUT2D eigenvalue weighted by atomic mass is 9.88. The van der Waals surface area contributed by atoms with Crippen molar-refractivity contribution in [1.82, 2.24) is 9.80 Å². The molecule has 0 radical (unpaired) electrons. The van der Waals surface area contributed by atoms with Crippen molar-refractivity contribution in [3.05, 3.63) is 64.2 Å². The van der Waals surface area contributed by atoms with Gasteiger partial charge in [0, 0.05) is 30.8 Å². The second-order valence-corrected chi connectivity index (χ2v) is 9.81. The summed E-state index contributed by atoms with van der Waals surface area (Å²) in [6.07, 6.45) is 6.18. The quantitative estimate of drug-likeness (QED) is 0.646. The van der Waals surface area contributed by atoms with Gasteiger partial charge in [0.05, 0.1) is 7.11 Å². The van der Waals surface area contributed by atoms with Gasteiger partial charge in [-0.1, -0.05) is 30.3 Å². The first-order chi connectivity index (χ1) is 15.1. The molecular formula is C27H34N2O2. The maximum atomic E-state index is 12.8. The number of fused-ring (bicyclic) bond motifs is 1. The Hall–Kier alpha value is -2.33. The summed E-state index contributed by atoms with van der Waals surface area (Å²) >= 11 is 0. The average molecular weight is 419 g/mol. The van der Waals surface area contributed by atoms with E-state index in [0.29, 0.717) is 0 Å². The van der Waals surface area contributed by atoms with Crippen LogP contribution in [0.3, 0.4) is 0 Å². The fourth-order valence-electron chi connectivity index (χ4n) is 5.44. The number of benzene rings is 2. The molecule has 5 rings (SSSR count). The predicted molar refractivity (Wildman–Crippen MR) is 123 cm³/mol. The number of piperidine rings is 1. The van der Waals surface area contributed by atoms with Gasteiger partial charge in [-0.2, -0.15) is 0 Å². The van der Waals surface area contributed by atoms with Crippen molar-refractivity contribution in [2.24, 2.45) is 11.8 Å². The summed E-state index contributed by atoms with van der Waals surface area (Å²) in [6.45, 7) is 7.13. The van der Waals surface area contributed by atoms with Crippen LogP contribution in [0.5, 0.6) is 5.75 Å². The molecule has 1 amide bonds. The number of para-hydroxylation sites is 1. The third-order valence-electron chi connectivity index (χ3n) is 7.33. The Morgan fingerprint density at radius 1 is 1.03 bits per heavy atom. The molecule has 1 aliphatic carbocycles. The van der Waals surface area contributed by atoms with Crippen LogP contribution in [0.25, 0.3) is 0 Å². The number of carbonyl (C=O) groups is 1. The van der Waals surface area contributed by atoms with Crippen LogP contribution in [0.2, 0.25) is 0 Å². The van der Waals surface area contributed by atoms with Crippen molar-refractivity contribution in [3.63, 3.8) is 0 Å². The van der Waals surface area contributed by atoms with E-state index in [1.807, 2.05) is 6.07 Å². The highest BCUT2D eigenvalue weighted by molar-refractivity contribution is 5.99. The minimum Gasteiger partial charge on any atom is -0.496 e. The Balaban J connectivity index is 1.18. The van der Waals surface area contributed by atoms with Crippen molar-refractivity contribution in [2.75, 3.05) is 26.7 Å². The van der Waals surface area contributed by atoms with E-state index in [1.54, 1.807) is 7.11 Å². The molecule has 2 aromatic rings. The maximum Gasteiger partial charge on any atom is 0.254 e. The van der Waals surface area contributed by atoms with Gasteiger partial charge in [-0.25, -0.2) is 0 Å². The zero-order valence-corrected chi connectivity index (χ0v) is 18.9. The molecule has 0 bridgehead atoms. The third-order valence-corrected chi connectivity index (χ3v) is 7.33. The molecule has 2 aliphatic heterocycles. The van der Waals surface area contributed by atoms with Crippen LogP contribution in [-0.2, 0) is 19.5 Å². The smallest absolute Gasteiger partial charge is 0.254 e. The van der Waals surface area contributed by atoms with Gasteiger partial charge in [-0.3, -0.25) is 9.69 Å². The number of amides is 1. The Kier molecular flexibility index (Phi) is 5.75. The Morgan fingerprint density at radius 2 is 1.81 bits per heavy atom. The average Bonchev–Trinajstić information content (AvgIpc) is 3.53. The standard InChI is InChI=1S/C27H34N2O2/c1-19-13-22(15-24-18-29(16-21-7-8-21)27(30)26(19)24)14-20-9-11-28(12-10-20)17-23-5-3-4-6-25(23)31-2/h3-6,13,15,20-21H,7-12,14,16-18H2,1-2H3. The second-order valence-electron chi connectivity index (χ2n) is 9.81. The molecule has 4 heteroatoms. The third kappa shape index (κ3) is 4.50. The molecule has 0 atom stereocenters. The van der Waals surface area contributed by atoms with E-state index >= 15 is 0 Å². The molecule has 164 valence electrons. The maximum absolute atomic E-state index is 12.8. The number of hydrogen-bond donors (Lipinski definition) is 0. The number of nitrogens with zero attached hydrogens (tertiary/aromatic N) is 2. The fraction of sp³-hybridized carbons (Fsp3) is 0.519. The molecule has 2 fully saturated rings. The largest absolute Gasteiger partial charge is 0.496 e. The van der Waals surface area contributed by atoms with Crippen molar-refractivity contribution in [3.8, 4) is 5.75 Å². The van der Waals surface area contributed by atoms with Crippen molar-refractivity contribution in [1.29, 1.82) is 0 Å². The number of carbonyl (C=O) groups excluding carboxylic acids is 1.